The van der Waals surface area contributed by atoms with Gasteiger partial charge in [0.2, 0.25) is 0 Å². The number of carbonyl (C=O) groups is 2. The lowest BCUT2D eigenvalue weighted by Crippen LogP contribution is -2.51. The highest BCUT2D eigenvalue weighted by molar-refractivity contribution is 6.74. The lowest BCUT2D eigenvalue weighted by atomic mass is 10.2. The molecule has 0 saturated heterocycles. The largest absolute Gasteiger partial charge is 0.446 e. The summed E-state index contributed by atoms with van der Waals surface area (Å²) in [5.41, 5.74) is 6.85. The van der Waals surface area contributed by atoms with Crippen molar-refractivity contribution < 1.29 is 18.8 Å². The molecule has 0 aromatic rings. The number of primary amides is 1. The highest BCUT2D eigenvalue weighted by atomic mass is 28.4. The van der Waals surface area contributed by atoms with Gasteiger partial charge in [0.05, 0.1) is 0 Å². The number of ether oxygens (including phenoxy) is 1. The normalized spacial score (nSPS) is 13.9. The summed E-state index contributed by atoms with van der Waals surface area (Å²) >= 11 is 0. The van der Waals surface area contributed by atoms with Crippen molar-refractivity contribution in [2.45, 2.75) is 45.0 Å². The number of hydrogen-bond acceptors (Lipinski definition) is 5. The molecule has 0 aliphatic heterocycles. The van der Waals surface area contributed by atoms with E-state index in [2.05, 4.69) is 4.74 Å². The molecule has 0 aromatic heterocycles. The first kappa shape index (κ1) is 16.9. The Labute approximate surface area is 108 Å². The molecular weight excluding hydrogens is 254 g/mol. The molecule has 0 aromatic carbocycles. The fraction of sp³-hybridized carbons (Fsp3) is 0.800. The maximum Gasteiger partial charge on any atom is 0.404 e. The highest BCUT2D eigenvalue weighted by Crippen LogP contribution is 2.37. The van der Waals surface area contributed by atoms with Crippen molar-refractivity contribution in [3.8, 4) is 0 Å². The van der Waals surface area contributed by atoms with E-state index in [0.29, 0.717) is 0 Å². The smallest absolute Gasteiger partial charge is 0.404 e. The van der Waals surface area contributed by atoms with Crippen LogP contribution in [0.2, 0.25) is 18.1 Å². The molecule has 0 rings (SSSR count). The van der Waals surface area contributed by atoms with Gasteiger partial charge < -0.3 is 14.9 Å². The van der Waals surface area contributed by atoms with Gasteiger partial charge in [0, 0.05) is 0 Å². The molecule has 0 aliphatic carbocycles. The molecule has 7 nitrogen and oxygen atoms in total. The molecule has 2 amide bonds. The lowest BCUT2D eigenvalue weighted by Gasteiger charge is -2.38. The fourth-order valence-electron chi connectivity index (χ4n) is 0.946. The van der Waals surface area contributed by atoms with E-state index in [1.165, 1.54) is 0 Å². The predicted molar refractivity (Wildman–Crippen MR) is 69.9 cm³/mol. The van der Waals surface area contributed by atoms with E-state index in [4.69, 9.17) is 16.0 Å². The minimum Gasteiger partial charge on any atom is -0.446 e. The third-order valence-corrected chi connectivity index (χ3v) is 7.54. The van der Waals surface area contributed by atoms with Crippen LogP contribution in [0.4, 0.5) is 4.79 Å². The first-order valence-electron chi connectivity index (χ1n) is 5.62. The molecule has 18 heavy (non-hydrogen) atoms. The van der Waals surface area contributed by atoms with E-state index in [0.717, 1.165) is 0 Å². The van der Waals surface area contributed by atoms with Gasteiger partial charge in [-0.3, -0.25) is 10.2 Å². The zero-order valence-electron chi connectivity index (χ0n) is 11.6. The number of carbonyl (C=O) groups excluding carboxylic acids is 2. The minimum atomic E-state index is -2.17. The summed E-state index contributed by atoms with van der Waals surface area (Å²) in [4.78, 5) is 22.1. The van der Waals surface area contributed by atoms with Crippen molar-refractivity contribution in [2.24, 2.45) is 11.6 Å². The van der Waals surface area contributed by atoms with Gasteiger partial charge in [0.1, 0.15) is 6.61 Å². The van der Waals surface area contributed by atoms with E-state index in [-0.39, 0.29) is 11.6 Å². The Balaban J connectivity index is 4.79. The standard InChI is InChI=1S/C10H23N3O4Si/c1-10(2,3)18(4,5)17-7(8(14)13-12)6-16-9(11)15/h7H,6,12H2,1-5H3,(H2,11,15)(H,13,14). The fourth-order valence-corrected chi connectivity index (χ4v) is 2.19. The summed E-state index contributed by atoms with van der Waals surface area (Å²) in [5, 5.41) is -0.0765. The van der Waals surface area contributed by atoms with Gasteiger partial charge >= 0.3 is 6.09 Å². The van der Waals surface area contributed by atoms with Gasteiger partial charge in [-0.05, 0) is 18.1 Å². The Kier molecular flexibility index (Phi) is 5.78. The van der Waals surface area contributed by atoms with Crippen LogP contribution in [0.3, 0.4) is 0 Å². The van der Waals surface area contributed by atoms with E-state index >= 15 is 0 Å². The molecule has 0 saturated carbocycles. The summed E-state index contributed by atoms with van der Waals surface area (Å²) in [6, 6.07) is 0. The Morgan fingerprint density at radius 3 is 2.17 bits per heavy atom. The van der Waals surface area contributed by atoms with Crippen molar-refractivity contribution in [1.82, 2.24) is 5.43 Å². The molecule has 1 unspecified atom stereocenters. The highest BCUT2D eigenvalue weighted by Gasteiger charge is 2.41. The van der Waals surface area contributed by atoms with E-state index in [1.54, 1.807) is 0 Å². The number of hydrazine groups is 1. The zero-order chi connectivity index (χ0) is 14.6. The van der Waals surface area contributed by atoms with Crippen LogP contribution in [0, 0.1) is 0 Å². The monoisotopic (exact) mass is 277 g/mol. The van der Waals surface area contributed by atoms with Gasteiger partial charge in [-0.25, -0.2) is 10.6 Å². The van der Waals surface area contributed by atoms with E-state index < -0.39 is 26.4 Å². The van der Waals surface area contributed by atoms with Gasteiger partial charge in [-0.1, -0.05) is 20.8 Å². The topological polar surface area (TPSA) is 117 Å². The Bertz CT molecular complexity index is 315. The van der Waals surface area contributed by atoms with Gasteiger partial charge in [0.15, 0.2) is 14.4 Å². The first-order valence-corrected chi connectivity index (χ1v) is 8.52. The van der Waals surface area contributed by atoms with E-state index in [1.807, 2.05) is 39.3 Å². The number of amides is 2. The lowest BCUT2D eigenvalue weighted by molar-refractivity contribution is -0.130. The molecule has 0 spiro atoms. The second-order valence-electron chi connectivity index (χ2n) is 5.51. The molecule has 8 heteroatoms. The van der Waals surface area contributed by atoms with Crippen molar-refractivity contribution in [1.29, 1.82) is 0 Å². The predicted octanol–water partition coefficient (Wildman–Crippen LogP) is 0.462. The van der Waals surface area contributed by atoms with Crippen LogP contribution in [0.25, 0.3) is 0 Å². The summed E-state index contributed by atoms with van der Waals surface area (Å²) in [7, 11) is -2.17. The average molecular weight is 277 g/mol. The van der Waals surface area contributed by atoms with Crippen molar-refractivity contribution >= 4 is 20.3 Å². The molecule has 0 aliphatic rings. The quantitative estimate of drug-likeness (QED) is 0.292. The van der Waals surface area contributed by atoms with Crippen LogP contribution in [0.1, 0.15) is 20.8 Å². The zero-order valence-corrected chi connectivity index (χ0v) is 12.6. The Morgan fingerprint density at radius 1 is 1.33 bits per heavy atom. The van der Waals surface area contributed by atoms with Crippen molar-refractivity contribution in [3.63, 3.8) is 0 Å². The average Bonchev–Trinajstić information content (AvgIpc) is 2.21. The van der Waals surface area contributed by atoms with Crippen LogP contribution in [0.15, 0.2) is 0 Å². The maximum atomic E-state index is 11.6. The molecule has 106 valence electrons. The van der Waals surface area contributed by atoms with Crippen molar-refractivity contribution in [2.75, 3.05) is 6.61 Å². The van der Waals surface area contributed by atoms with Gasteiger partial charge in [-0.15, -0.1) is 0 Å². The Morgan fingerprint density at radius 2 is 1.83 bits per heavy atom. The summed E-state index contributed by atoms with van der Waals surface area (Å²) < 4.78 is 10.4. The number of nitrogens with two attached hydrogens (primary N) is 2. The number of nitrogens with one attached hydrogen (secondary N) is 1. The Hall–Kier alpha value is -1.12. The second kappa shape index (κ2) is 6.16. The van der Waals surface area contributed by atoms with Crippen LogP contribution in [0.5, 0.6) is 0 Å². The molecule has 0 bridgehead atoms. The van der Waals surface area contributed by atoms with E-state index in [9.17, 15) is 9.59 Å². The van der Waals surface area contributed by atoms with Crippen LogP contribution in [-0.4, -0.2) is 33.0 Å². The molecule has 5 N–H and O–H groups in total. The molecule has 0 fully saturated rings. The third-order valence-electron chi connectivity index (χ3n) is 3.05. The first-order chi connectivity index (χ1) is 8.01. The van der Waals surface area contributed by atoms with Crippen molar-refractivity contribution in [3.05, 3.63) is 0 Å². The molecule has 1 atom stereocenters. The van der Waals surface area contributed by atoms with Gasteiger partial charge in [-0.2, -0.15) is 0 Å². The molecular formula is C10H23N3O4Si. The van der Waals surface area contributed by atoms with Crippen LogP contribution < -0.4 is 17.0 Å². The minimum absolute atomic E-state index is 0.0765. The molecule has 0 radical (unpaired) electrons. The van der Waals surface area contributed by atoms with Crippen LogP contribution in [-0.2, 0) is 14.0 Å². The summed E-state index contributed by atoms with van der Waals surface area (Å²) in [5.74, 6) is 4.53. The number of rotatable bonds is 5. The van der Waals surface area contributed by atoms with Gasteiger partial charge in [0.25, 0.3) is 5.91 Å². The molecule has 0 heterocycles. The third kappa shape index (κ3) is 5.03. The SMILES string of the molecule is CC(C)(C)[Si](C)(C)OC(COC(N)=O)C(=O)NN. The maximum absolute atomic E-state index is 11.6. The second-order valence-corrected chi connectivity index (χ2v) is 10.3. The summed E-state index contributed by atoms with van der Waals surface area (Å²) in [6.45, 7) is 9.82. The summed E-state index contributed by atoms with van der Waals surface area (Å²) in [6.07, 6.45) is -1.90. The number of hydrogen-bond donors (Lipinski definition) is 3. The van der Waals surface area contributed by atoms with Crippen LogP contribution >= 0.6 is 0 Å².